The lowest BCUT2D eigenvalue weighted by atomic mass is 10.0. The molecule has 0 unspecified atom stereocenters. The van der Waals surface area contributed by atoms with Gasteiger partial charge in [0.05, 0.1) is 0 Å². The third kappa shape index (κ3) is 2.31. The molecule has 0 atom stereocenters. The Labute approximate surface area is 110 Å². The van der Waals surface area contributed by atoms with Crippen molar-refractivity contribution >= 4 is 22.2 Å². The van der Waals surface area contributed by atoms with E-state index in [1.165, 1.54) is 12.1 Å². The minimum Gasteiger partial charge on any atom is -0.378 e. The molecule has 2 heteroatoms. The number of carbonyl (C=O) groups excluding carboxylic acids is 1. The lowest BCUT2D eigenvalue weighted by Gasteiger charge is -2.13. The van der Waals surface area contributed by atoms with E-state index in [1.54, 1.807) is 31.2 Å². The summed E-state index contributed by atoms with van der Waals surface area (Å²) < 4.78 is 44.8. The highest BCUT2D eigenvalue weighted by Crippen LogP contribution is 2.22. The standard InChI is InChI=1S/C15H17NO/c1-4-15(17)13-6-5-12-10-14(16(2)3)8-7-11(12)9-13/h5-10H,4H2,1-3H3/i2D3,3D3. The van der Waals surface area contributed by atoms with Gasteiger partial charge in [-0.25, -0.2) is 0 Å². The number of fused-ring (bicyclic) bond motifs is 1. The van der Waals surface area contributed by atoms with Crippen molar-refractivity contribution < 1.29 is 13.0 Å². The molecule has 2 aromatic carbocycles. The quantitative estimate of drug-likeness (QED) is 0.756. The molecule has 0 fully saturated rings. The number of benzene rings is 2. The summed E-state index contributed by atoms with van der Waals surface area (Å²) in [5, 5.41) is 1.43. The zero-order valence-electron chi connectivity index (χ0n) is 15.5. The Balaban J connectivity index is 2.53. The van der Waals surface area contributed by atoms with Gasteiger partial charge in [-0.2, -0.15) is 0 Å². The van der Waals surface area contributed by atoms with Crippen LogP contribution >= 0.6 is 0 Å². The van der Waals surface area contributed by atoms with Crippen molar-refractivity contribution in [1.29, 1.82) is 0 Å². The van der Waals surface area contributed by atoms with Crippen LogP contribution in [0.25, 0.3) is 10.8 Å². The zero-order chi connectivity index (χ0) is 17.4. The maximum absolute atomic E-state index is 11.7. The topological polar surface area (TPSA) is 20.3 Å². The van der Waals surface area contributed by atoms with E-state index in [2.05, 4.69) is 0 Å². The Hall–Kier alpha value is -1.83. The molecule has 2 rings (SSSR count). The molecule has 0 aliphatic heterocycles. The largest absolute Gasteiger partial charge is 0.378 e. The molecular formula is C15H17NO. The molecule has 2 aromatic rings. The van der Waals surface area contributed by atoms with Gasteiger partial charge < -0.3 is 4.90 Å². The summed E-state index contributed by atoms with van der Waals surface area (Å²) in [6.45, 7) is -3.78. The third-order valence-electron chi connectivity index (χ3n) is 2.73. The fourth-order valence-corrected chi connectivity index (χ4v) is 1.75. The van der Waals surface area contributed by atoms with E-state index in [0.717, 1.165) is 5.39 Å². The van der Waals surface area contributed by atoms with Crippen LogP contribution in [0.5, 0.6) is 0 Å². The molecule has 0 N–H and O–H groups in total. The molecule has 0 aliphatic carbocycles. The first-order valence-electron chi connectivity index (χ1n) is 8.41. The number of carbonyl (C=O) groups is 1. The van der Waals surface area contributed by atoms with Gasteiger partial charge in [0.25, 0.3) is 0 Å². The van der Waals surface area contributed by atoms with E-state index < -0.39 is 14.0 Å². The van der Waals surface area contributed by atoms with Crippen molar-refractivity contribution in [1.82, 2.24) is 0 Å². The summed E-state index contributed by atoms with van der Waals surface area (Å²) in [6.07, 6.45) is 0.398. The summed E-state index contributed by atoms with van der Waals surface area (Å²) in [7, 11) is 0. The van der Waals surface area contributed by atoms with Crippen LogP contribution in [0.15, 0.2) is 36.4 Å². The second kappa shape index (κ2) is 4.58. The van der Waals surface area contributed by atoms with Crippen molar-refractivity contribution in [2.75, 3.05) is 18.9 Å². The molecular weight excluding hydrogens is 210 g/mol. The lowest BCUT2D eigenvalue weighted by molar-refractivity contribution is 0.0988. The zero-order valence-corrected chi connectivity index (χ0v) is 9.53. The predicted molar refractivity (Wildman–Crippen MR) is 72.9 cm³/mol. The van der Waals surface area contributed by atoms with Crippen molar-refractivity contribution in [2.45, 2.75) is 13.3 Å². The van der Waals surface area contributed by atoms with Crippen LogP contribution in [0.2, 0.25) is 0 Å². The Bertz CT molecular complexity index is 721. The number of Topliss-reactive ketones (excluding diaryl/α,β-unsaturated/α-hetero) is 1. The highest BCUT2D eigenvalue weighted by atomic mass is 16.1. The maximum atomic E-state index is 11.7. The Kier molecular flexibility index (Phi) is 1.67. The van der Waals surface area contributed by atoms with Crippen LogP contribution in [-0.2, 0) is 0 Å². The van der Waals surface area contributed by atoms with Gasteiger partial charge in [-0.05, 0) is 29.0 Å². The van der Waals surface area contributed by atoms with Gasteiger partial charge in [-0.15, -0.1) is 0 Å². The van der Waals surface area contributed by atoms with E-state index in [-0.39, 0.29) is 11.5 Å². The van der Waals surface area contributed by atoms with Crippen molar-refractivity contribution in [3.05, 3.63) is 42.0 Å². The summed E-state index contributed by atoms with van der Waals surface area (Å²) >= 11 is 0. The van der Waals surface area contributed by atoms with Gasteiger partial charge in [-0.3, -0.25) is 4.79 Å². The Morgan fingerprint density at radius 3 is 2.59 bits per heavy atom. The molecule has 17 heavy (non-hydrogen) atoms. The molecule has 0 saturated heterocycles. The van der Waals surface area contributed by atoms with Crippen LogP contribution in [0.3, 0.4) is 0 Å². The first kappa shape index (κ1) is 6.20. The number of rotatable bonds is 3. The highest BCUT2D eigenvalue weighted by molar-refractivity contribution is 6.00. The van der Waals surface area contributed by atoms with Gasteiger partial charge in [0.2, 0.25) is 0 Å². The third-order valence-corrected chi connectivity index (χ3v) is 2.73. The second-order valence-corrected chi connectivity index (χ2v) is 3.86. The highest BCUT2D eigenvalue weighted by Gasteiger charge is 2.04. The van der Waals surface area contributed by atoms with Crippen LogP contribution in [0.1, 0.15) is 31.9 Å². The Morgan fingerprint density at radius 2 is 1.88 bits per heavy atom. The van der Waals surface area contributed by atoms with Gasteiger partial charge in [0, 0.05) is 39.8 Å². The molecule has 0 aliphatic rings. The lowest BCUT2D eigenvalue weighted by Crippen LogP contribution is -2.08. The van der Waals surface area contributed by atoms with Crippen LogP contribution in [0.4, 0.5) is 5.69 Å². The van der Waals surface area contributed by atoms with Crippen molar-refractivity contribution in [3.8, 4) is 0 Å². The molecule has 0 bridgehead atoms. The number of nitrogens with zero attached hydrogens (tertiary/aromatic N) is 1. The van der Waals surface area contributed by atoms with Gasteiger partial charge in [-0.1, -0.05) is 25.1 Å². The fraction of sp³-hybridized carbons (Fsp3) is 0.267. The predicted octanol–water partition coefficient (Wildman–Crippen LogP) is 3.50. The average molecular weight is 233 g/mol. The van der Waals surface area contributed by atoms with Crippen molar-refractivity contribution in [3.63, 3.8) is 0 Å². The molecule has 0 saturated carbocycles. The summed E-state index contributed by atoms with van der Waals surface area (Å²) in [5.74, 6) is 0.0163. The average Bonchev–Trinajstić information content (AvgIpc) is 2.42. The summed E-state index contributed by atoms with van der Waals surface area (Å²) in [6, 6.07) is 9.66. The van der Waals surface area contributed by atoms with E-state index in [0.29, 0.717) is 22.3 Å². The molecule has 0 heterocycles. The number of hydrogen-bond donors (Lipinski definition) is 0. The SMILES string of the molecule is [2H]C([2H])([2H])N(c1ccc2cc(C(=O)CC)ccc2c1)C([2H])([2H])[2H]. The number of hydrogen-bond acceptors (Lipinski definition) is 2. The summed E-state index contributed by atoms with van der Waals surface area (Å²) in [5.41, 5.74) is 0.670. The monoisotopic (exact) mass is 233 g/mol. The summed E-state index contributed by atoms with van der Waals surface area (Å²) in [4.78, 5) is 12.2. The van der Waals surface area contributed by atoms with E-state index in [4.69, 9.17) is 8.22 Å². The minimum atomic E-state index is -2.78. The molecule has 0 radical (unpaired) electrons. The number of ketones is 1. The molecule has 0 aromatic heterocycles. The van der Waals surface area contributed by atoms with Crippen LogP contribution < -0.4 is 4.90 Å². The fourth-order valence-electron chi connectivity index (χ4n) is 1.75. The Morgan fingerprint density at radius 1 is 1.18 bits per heavy atom. The second-order valence-electron chi connectivity index (χ2n) is 3.86. The molecule has 2 nitrogen and oxygen atoms in total. The van der Waals surface area contributed by atoms with Crippen LogP contribution in [0, 0.1) is 0 Å². The van der Waals surface area contributed by atoms with Gasteiger partial charge in [0.15, 0.2) is 5.78 Å². The molecule has 88 valence electrons. The number of anilines is 1. The maximum Gasteiger partial charge on any atom is 0.162 e. The molecule has 0 amide bonds. The van der Waals surface area contributed by atoms with Crippen LogP contribution in [-0.4, -0.2) is 19.7 Å². The normalized spacial score (nSPS) is 17.2. The van der Waals surface area contributed by atoms with Gasteiger partial charge >= 0.3 is 0 Å². The van der Waals surface area contributed by atoms with Crippen molar-refractivity contribution in [2.24, 2.45) is 0 Å². The van der Waals surface area contributed by atoms with E-state index >= 15 is 0 Å². The van der Waals surface area contributed by atoms with E-state index in [1.807, 2.05) is 0 Å². The first-order valence-corrected chi connectivity index (χ1v) is 5.41. The van der Waals surface area contributed by atoms with Gasteiger partial charge in [0.1, 0.15) is 0 Å². The van der Waals surface area contributed by atoms with E-state index in [9.17, 15) is 4.79 Å². The molecule has 0 spiro atoms. The smallest absolute Gasteiger partial charge is 0.162 e. The first-order chi connectivity index (χ1) is 10.5. The minimum absolute atomic E-state index is 0.0163.